The van der Waals surface area contributed by atoms with Crippen LogP contribution in [0.3, 0.4) is 0 Å². The van der Waals surface area contributed by atoms with E-state index in [1.807, 2.05) is 0 Å². The lowest BCUT2D eigenvalue weighted by Gasteiger charge is -2.11. The van der Waals surface area contributed by atoms with Gasteiger partial charge < -0.3 is 9.67 Å². The van der Waals surface area contributed by atoms with Crippen LogP contribution in [0.25, 0.3) is 22.6 Å². The number of aromatic nitrogens is 5. The van der Waals surface area contributed by atoms with Crippen molar-refractivity contribution < 1.29 is 18.3 Å². The number of alkyl halides is 3. The lowest BCUT2D eigenvalue weighted by atomic mass is 10.1. The molecule has 3 heterocycles. The summed E-state index contributed by atoms with van der Waals surface area (Å²) in [5.74, 6) is 0.201. The number of pyridine rings is 1. The number of aliphatic hydroxyl groups excluding tert-OH is 1. The Morgan fingerprint density at radius 3 is 2.35 bits per heavy atom. The zero-order valence-corrected chi connectivity index (χ0v) is 18.6. The Bertz CT molecular complexity index is 1460. The molecule has 0 saturated heterocycles. The molecule has 0 radical (unpaired) electrons. The molecule has 12 heteroatoms. The molecule has 178 valence electrons. The summed E-state index contributed by atoms with van der Waals surface area (Å²) in [7, 11) is 1.45. The molecule has 0 saturated carbocycles. The average molecular weight is 494 g/mol. The molecule has 1 N–H and O–H groups in total. The van der Waals surface area contributed by atoms with Gasteiger partial charge in [0.2, 0.25) is 0 Å². The van der Waals surface area contributed by atoms with Crippen molar-refractivity contribution in [2.24, 2.45) is 7.05 Å². The molecule has 0 spiro atoms. The van der Waals surface area contributed by atoms with Crippen molar-refractivity contribution in [3.8, 4) is 11.4 Å². The lowest BCUT2D eigenvalue weighted by molar-refractivity contribution is -0.137. The molecule has 0 atom stereocenters. The minimum Gasteiger partial charge on any atom is -0.396 e. The van der Waals surface area contributed by atoms with Gasteiger partial charge in [-0.1, -0.05) is 23.7 Å². The summed E-state index contributed by atoms with van der Waals surface area (Å²) < 4.78 is 42.9. The van der Waals surface area contributed by atoms with Gasteiger partial charge in [-0.3, -0.25) is 18.9 Å². The van der Waals surface area contributed by atoms with E-state index in [1.54, 1.807) is 12.1 Å². The van der Waals surface area contributed by atoms with E-state index in [0.29, 0.717) is 16.3 Å². The lowest BCUT2D eigenvalue weighted by Crippen LogP contribution is -2.40. The van der Waals surface area contributed by atoms with Crippen LogP contribution in [0.15, 0.2) is 52.2 Å². The first-order valence-electron chi connectivity index (χ1n) is 10.2. The molecule has 1 aromatic carbocycles. The zero-order chi connectivity index (χ0) is 24.6. The third-order valence-corrected chi connectivity index (χ3v) is 5.58. The van der Waals surface area contributed by atoms with Gasteiger partial charge in [-0.15, -0.1) is 0 Å². The van der Waals surface area contributed by atoms with Crippen LogP contribution in [0.4, 0.5) is 13.2 Å². The van der Waals surface area contributed by atoms with Crippen LogP contribution in [-0.4, -0.2) is 35.4 Å². The molecule has 0 aliphatic rings. The second-order valence-electron chi connectivity index (χ2n) is 7.61. The number of benzene rings is 1. The van der Waals surface area contributed by atoms with Crippen molar-refractivity contribution in [3.63, 3.8) is 0 Å². The summed E-state index contributed by atoms with van der Waals surface area (Å²) in [6, 6.07) is 7.65. The Morgan fingerprint density at radius 1 is 1.06 bits per heavy atom. The number of fused-ring (bicyclic) bond motifs is 1. The highest BCUT2D eigenvalue weighted by Gasteiger charge is 2.30. The van der Waals surface area contributed by atoms with Crippen LogP contribution in [0, 0.1) is 0 Å². The third kappa shape index (κ3) is 4.36. The van der Waals surface area contributed by atoms with E-state index in [9.17, 15) is 22.8 Å². The maximum absolute atomic E-state index is 13.3. The van der Waals surface area contributed by atoms with E-state index in [2.05, 4.69) is 9.97 Å². The van der Waals surface area contributed by atoms with Gasteiger partial charge in [-0.05, 0) is 30.7 Å². The predicted molar refractivity (Wildman–Crippen MR) is 120 cm³/mol. The van der Waals surface area contributed by atoms with Gasteiger partial charge in [0.1, 0.15) is 5.82 Å². The number of aliphatic hydroxyl groups is 1. The SMILES string of the molecule is Cn1c(=O)n(CCCO)c(=O)c2c1nc(-c1ccc(C(F)(F)F)cc1)n2Cc1ccc(Cl)cn1. The molecule has 0 aliphatic heterocycles. The maximum atomic E-state index is 13.3. The van der Waals surface area contributed by atoms with Crippen LogP contribution < -0.4 is 11.2 Å². The first-order chi connectivity index (χ1) is 16.1. The van der Waals surface area contributed by atoms with Crippen LogP contribution >= 0.6 is 11.6 Å². The second kappa shape index (κ2) is 9.07. The standard InChI is InChI=1S/C22H19ClF3N5O3/c1-29-19-17(20(33)30(21(29)34)9-2-10-32)31(12-16-8-7-15(23)11-27-16)18(28-19)13-3-5-14(6-4-13)22(24,25)26/h3-8,11,32H,2,9-10,12H2,1H3. The van der Waals surface area contributed by atoms with Crippen LogP contribution in [0.5, 0.6) is 0 Å². The molecule has 3 aromatic heterocycles. The summed E-state index contributed by atoms with van der Waals surface area (Å²) in [5.41, 5.74) is -1.04. The second-order valence-corrected chi connectivity index (χ2v) is 8.05. The average Bonchev–Trinajstić information content (AvgIpc) is 3.18. The number of halogens is 4. The number of imidazole rings is 1. The Labute approximate surface area is 195 Å². The summed E-state index contributed by atoms with van der Waals surface area (Å²) in [6.07, 6.45) is -2.88. The number of rotatable bonds is 6. The Balaban J connectivity index is 1.98. The molecular formula is C22H19ClF3N5O3. The monoisotopic (exact) mass is 493 g/mol. The quantitative estimate of drug-likeness (QED) is 0.445. The van der Waals surface area contributed by atoms with Gasteiger partial charge in [0.15, 0.2) is 11.2 Å². The van der Waals surface area contributed by atoms with Crippen LogP contribution in [0.1, 0.15) is 17.7 Å². The fourth-order valence-electron chi connectivity index (χ4n) is 3.64. The largest absolute Gasteiger partial charge is 0.416 e. The van der Waals surface area contributed by atoms with Gasteiger partial charge in [-0.25, -0.2) is 9.78 Å². The fraction of sp³-hybridized carbons (Fsp3) is 0.273. The summed E-state index contributed by atoms with van der Waals surface area (Å²) in [5, 5.41) is 9.57. The summed E-state index contributed by atoms with van der Waals surface area (Å²) in [4.78, 5) is 34.8. The van der Waals surface area contributed by atoms with Crippen molar-refractivity contribution in [2.45, 2.75) is 25.7 Å². The first-order valence-corrected chi connectivity index (χ1v) is 10.6. The normalized spacial score (nSPS) is 11.9. The number of hydrogen-bond donors (Lipinski definition) is 1. The van der Waals surface area contributed by atoms with Gasteiger partial charge in [-0.2, -0.15) is 13.2 Å². The smallest absolute Gasteiger partial charge is 0.396 e. The van der Waals surface area contributed by atoms with Gasteiger partial charge >= 0.3 is 11.9 Å². The van der Waals surface area contributed by atoms with Crippen molar-refractivity contribution >= 4 is 22.8 Å². The number of aryl methyl sites for hydroxylation is 1. The molecule has 4 rings (SSSR count). The summed E-state index contributed by atoms with van der Waals surface area (Å²) in [6.45, 7) is -0.159. The van der Waals surface area contributed by atoms with E-state index in [0.717, 1.165) is 16.7 Å². The van der Waals surface area contributed by atoms with Crippen molar-refractivity contribution in [1.82, 2.24) is 23.7 Å². The van der Waals surface area contributed by atoms with Gasteiger partial charge in [0, 0.05) is 32.0 Å². The van der Waals surface area contributed by atoms with E-state index in [-0.39, 0.29) is 43.1 Å². The zero-order valence-electron chi connectivity index (χ0n) is 17.9. The molecule has 34 heavy (non-hydrogen) atoms. The highest BCUT2D eigenvalue weighted by molar-refractivity contribution is 6.30. The third-order valence-electron chi connectivity index (χ3n) is 5.35. The highest BCUT2D eigenvalue weighted by Crippen LogP contribution is 2.31. The molecule has 0 aliphatic carbocycles. The Kier molecular flexibility index (Phi) is 6.32. The van der Waals surface area contributed by atoms with Gasteiger partial charge in [0.05, 0.1) is 22.8 Å². The number of hydrogen-bond acceptors (Lipinski definition) is 5. The maximum Gasteiger partial charge on any atom is 0.416 e. The molecule has 0 bridgehead atoms. The molecule has 0 unspecified atom stereocenters. The van der Waals surface area contributed by atoms with Crippen molar-refractivity contribution in [3.05, 3.63) is 79.7 Å². The first kappa shape index (κ1) is 23.7. The minimum atomic E-state index is -4.50. The summed E-state index contributed by atoms with van der Waals surface area (Å²) >= 11 is 5.91. The van der Waals surface area contributed by atoms with Crippen LogP contribution in [0.2, 0.25) is 5.02 Å². The molecule has 8 nitrogen and oxygen atoms in total. The van der Waals surface area contributed by atoms with E-state index in [1.165, 1.54) is 34.5 Å². The Hall–Kier alpha value is -3.44. The highest BCUT2D eigenvalue weighted by atomic mass is 35.5. The van der Waals surface area contributed by atoms with E-state index in [4.69, 9.17) is 16.7 Å². The van der Waals surface area contributed by atoms with E-state index < -0.39 is 23.0 Å². The topological polar surface area (TPSA) is 94.9 Å². The molecule has 0 amide bonds. The molecule has 4 aromatic rings. The molecule has 0 fully saturated rings. The Morgan fingerprint density at radius 2 is 1.76 bits per heavy atom. The van der Waals surface area contributed by atoms with Crippen molar-refractivity contribution in [1.29, 1.82) is 0 Å². The minimum absolute atomic E-state index is 0.00205. The van der Waals surface area contributed by atoms with E-state index >= 15 is 0 Å². The number of nitrogens with zero attached hydrogens (tertiary/aromatic N) is 5. The van der Waals surface area contributed by atoms with Gasteiger partial charge in [0.25, 0.3) is 5.56 Å². The van der Waals surface area contributed by atoms with Crippen molar-refractivity contribution in [2.75, 3.05) is 6.61 Å². The molecular weight excluding hydrogens is 475 g/mol. The van der Waals surface area contributed by atoms with Crippen LogP contribution in [-0.2, 0) is 26.3 Å². The predicted octanol–water partition coefficient (Wildman–Crippen LogP) is 3.06. The fourth-order valence-corrected chi connectivity index (χ4v) is 3.75.